The number of nitrogens with zero attached hydrogens (tertiary/aromatic N) is 2. The summed E-state index contributed by atoms with van der Waals surface area (Å²) in [6, 6.07) is 8.40. The predicted octanol–water partition coefficient (Wildman–Crippen LogP) is 2.57. The molecule has 0 radical (unpaired) electrons. The maximum atomic E-state index is 5.17. The fourth-order valence-electron chi connectivity index (χ4n) is 2.37. The van der Waals surface area contributed by atoms with Gasteiger partial charge in [0.05, 0.1) is 7.11 Å². The number of hydrogen-bond acceptors (Lipinski definition) is 4. The van der Waals surface area contributed by atoms with Crippen molar-refractivity contribution >= 4 is 11.8 Å². The Morgan fingerprint density at radius 1 is 1.10 bits per heavy atom. The highest BCUT2D eigenvalue weighted by molar-refractivity contribution is 7.98. The average Bonchev–Trinajstić information content (AvgIpc) is 2.49. The van der Waals surface area contributed by atoms with Gasteiger partial charge in [0.15, 0.2) is 0 Å². The topological polar surface area (TPSA) is 15.7 Å². The normalized spacial score (nSPS) is 17.3. The van der Waals surface area contributed by atoms with Crippen LogP contribution in [-0.2, 0) is 5.75 Å². The number of rotatable bonds is 7. The first kappa shape index (κ1) is 15.7. The molecule has 2 rings (SSSR count). The molecule has 3 nitrogen and oxygen atoms in total. The molecule has 20 heavy (non-hydrogen) atoms. The lowest BCUT2D eigenvalue weighted by Crippen LogP contribution is -2.44. The van der Waals surface area contributed by atoms with Crippen molar-refractivity contribution in [2.45, 2.75) is 12.2 Å². The van der Waals surface area contributed by atoms with Crippen molar-refractivity contribution in [1.82, 2.24) is 9.80 Å². The smallest absolute Gasteiger partial charge is 0.118 e. The van der Waals surface area contributed by atoms with Crippen molar-refractivity contribution in [2.75, 3.05) is 52.6 Å². The molecular weight excluding hydrogens is 268 g/mol. The van der Waals surface area contributed by atoms with Crippen molar-refractivity contribution in [3.8, 4) is 5.75 Å². The van der Waals surface area contributed by atoms with Crippen LogP contribution in [0.5, 0.6) is 5.75 Å². The molecule has 1 aromatic rings. The number of hydrogen-bond donors (Lipinski definition) is 0. The van der Waals surface area contributed by atoms with E-state index in [1.165, 1.54) is 50.5 Å². The van der Waals surface area contributed by atoms with E-state index in [1.807, 2.05) is 23.9 Å². The van der Waals surface area contributed by atoms with Gasteiger partial charge in [-0.3, -0.25) is 0 Å². The van der Waals surface area contributed by atoms with Crippen LogP contribution >= 0.6 is 11.8 Å². The highest BCUT2D eigenvalue weighted by atomic mass is 32.2. The zero-order valence-corrected chi connectivity index (χ0v) is 13.5. The molecular formula is C16H26N2OS. The summed E-state index contributed by atoms with van der Waals surface area (Å²) >= 11 is 2.03. The monoisotopic (exact) mass is 294 g/mol. The van der Waals surface area contributed by atoms with Gasteiger partial charge in [0.2, 0.25) is 0 Å². The molecule has 0 amide bonds. The fourth-order valence-corrected chi connectivity index (χ4v) is 3.28. The Bertz CT molecular complexity index is 375. The Kier molecular flexibility index (Phi) is 6.70. The molecule has 0 bridgehead atoms. The zero-order chi connectivity index (χ0) is 14.2. The first-order valence-corrected chi connectivity index (χ1v) is 8.55. The summed E-state index contributed by atoms with van der Waals surface area (Å²) in [6.07, 6.45) is 1.30. The Hall–Kier alpha value is -0.710. The van der Waals surface area contributed by atoms with Gasteiger partial charge in [0.1, 0.15) is 5.75 Å². The molecule has 0 spiro atoms. The van der Waals surface area contributed by atoms with E-state index in [0.717, 1.165) is 11.5 Å². The van der Waals surface area contributed by atoms with Crippen LogP contribution in [-0.4, -0.2) is 62.4 Å². The lowest BCUT2D eigenvalue weighted by molar-refractivity contribution is 0.154. The fraction of sp³-hybridized carbons (Fsp3) is 0.625. The summed E-state index contributed by atoms with van der Waals surface area (Å²) in [5, 5.41) is 0. The van der Waals surface area contributed by atoms with Crippen LogP contribution in [0.3, 0.4) is 0 Å². The van der Waals surface area contributed by atoms with Gasteiger partial charge in [-0.1, -0.05) is 12.1 Å². The molecule has 1 aromatic carbocycles. The van der Waals surface area contributed by atoms with Crippen LogP contribution < -0.4 is 4.74 Å². The van der Waals surface area contributed by atoms with Crippen molar-refractivity contribution < 1.29 is 4.74 Å². The van der Waals surface area contributed by atoms with Gasteiger partial charge in [-0.25, -0.2) is 0 Å². The number of likely N-dealkylation sites (N-methyl/N-ethyl adjacent to an activating group) is 1. The molecule has 112 valence electrons. The van der Waals surface area contributed by atoms with Crippen LogP contribution in [0.25, 0.3) is 0 Å². The van der Waals surface area contributed by atoms with Crippen molar-refractivity contribution in [3.63, 3.8) is 0 Å². The second-order valence-electron chi connectivity index (χ2n) is 5.40. The van der Waals surface area contributed by atoms with Crippen molar-refractivity contribution in [1.29, 1.82) is 0 Å². The Morgan fingerprint density at radius 2 is 1.80 bits per heavy atom. The lowest BCUT2D eigenvalue weighted by Gasteiger charge is -2.32. The van der Waals surface area contributed by atoms with Gasteiger partial charge >= 0.3 is 0 Å². The molecule has 0 aromatic heterocycles. The maximum Gasteiger partial charge on any atom is 0.118 e. The maximum absolute atomic E-state index is 5.17. The molecule has 4 heteroatoms. The molecule has 0 unspecified atom stereocenters. The first-order chi connectivity index (χ1) is 9.78. The average molecular weight is 294 g/mol. The Balaban J connectivity index is 1.55. The van der Waals surface area contributed by atoms with E-state index in [9.17, 15) is 0 Å². The van der Waals surface area contributed by atoms with Crippen LogP contribution in [0.4, 0.5) is 0 Å². The van der Waals surface area contributed by atoms with Gasteiger partial charge in [-0.05, 0) is 43.5 Å². The molecule has 1 saturated heterocycles. The molecule has 1 aliphatic rings. The Morgan fingerprint density at radius 3 is 2.45 bits per heavy atom. The van der Waals surface area contributed by atoms with E-state index in [0.29, 0.717) is 0 Å². The van der Waals surface area contributed by atoms with Crippen molar-refractivity contribution in [3.05, 3.63) is 29.8 Å². The molecule has 0 N–H and O–H groups in total. The molecule has 0 saturated carbocycles. The van der Waals surface area contributed by atoms with Crippen LogP contribution in [0.15, 0.2) is 24.3 Å². The highest BCUT2D eigenvalue weighted by Gasteiger charge is 2.12. The van der Waals surface area contributed by atoms with Gasteiger partial charge in [0.25, 0.3) is 0 Å². The van der Waals surface area contributed by atoms with Gasteiger partial charge in [-0.15, -0.1) is 0 Å². The number of methoxy groups -OCH3 is 1. The second-order valence-corrected chi connectivity index (χ2v) is 6.50. The van der Waals surface area contributed by atoms with E-state index in [2.05, 4.69) is 29.0 Å². The summed E-state index contributed by atoms with van der Waals surface area (Å²) < 4.78 is 5.17. The number of thioether (sulfide) groups is 1. The summed E-state index contributed by atoms with van der Waals surface area (Å²) in [7, 11) is 3.92. The minimum Gasteiger partial charge on any atom is -0.497 e. The summed E-state index contributed by atoms with van der Waals surface area (Å²) in [5.74, 6) is 3.29. The third-order valence-electron chi connectivity index (χ3n) is 3.79. The van der Waals surface area contributed by atoms with Crippen LogP contribution in [0.2, 0.25) is 0 Å². The molecule has 0 aliphatic carbocycles. The second kappa shape index (κ2) is 8.55. The van der Waals surface area contributed by atoms with E-state index in [-0.39, 0.29) is 0 Å². The number of ether oxygens (including phenoxy) is 1. The van der Waals surface area contributed by atoms with Gasteiger partial charge < -0.3 is 14.5 Å². The summed E-state index contributed by atoms with van der Waals surface area (Å²) in [5.41, 5.74) is 1.38. The SMILES string of the molecule is COc1ccc(CSCCCN2CCN(C)CC2)cc1. The largest absolute Gasteiger partial charge is 0.497 e. The molecule has 0 atom stereocenters. The zero-order valence-electron chi connectivity index (χ0n) is 12.7. The highest BCUT2D eigenvalue weighted by Crippen LogP contribution is 2.17. The van der Waals surface area contributed by atoms with E-state index < -0.39 is 0 Å². The number of piperazine rings is 1. The van der Waals surface area contributed by atoms with E-state index in [4.69, 9.17) is 4.74 Å². The van der Waals surface area contributed by atoms with Gasteiger partial charge in [0, 0.05) is 31.9 Å². The predicted molar refractivity (Wildman–Crippen MR) is 87.7 cm³/mol. The molecule has 1 heterocycles. The number of benzene rings is 1. The standard InChI is InChI=1S/C16H26N2OS/c1-17-9-11-18(12-10-17)8-3-13-20-14-15-4-6-16(19-2)7-5-15/h4-7H,3,8-14H2,1-2H3. The van der Waals surface area contributed by atoms with Crippen LogP contribution in [0.1, 0.15) is 12.0 Å². The minimum atomic E-state index is 0.939. The molecule has 1 fully saturated rings. The summed E-state index contributed by atoms with van der Waals surface area (Å²) in [6.45, 7) is 6.17. The quantitative estimate of drug-likeness (QED) is 0.718. The lowest BCUT2D eigenvalue weighted by atomic mass is 10.2. The van der Waals surface area contributed by atoms with Crippen LogP contribution in [0, 0.1) is 0 Å². The van der Waals surface area contributed by atoms with E-state index >= 15 is 0 Å². The molecule has 1 aliphatic heterocycles. The Labute approximate surface area is 127 Å². The first-order valence-electron chi connectivity index (χ1n) is 7.39. The van der Waals surface area contributed by atoms with E-state index in [1.54, 1.807) is 7.11 Å². The minimum absolute atomic E-state index is 0.939. The van der Waals surface area contributed by atoms with Crippen molar-refractivity contribution in [2.24, 2.45) is 0 Å². The third-order valence-corrected chi connectivity index (χ3v) is 4.90. The third kappa shape index (κ3) is 5.35. The summed E-state index contributed by atoms with van der Waals surface area (Å²) in [4.78, 5) is 5.00. The van der Waals surface area contributed by atoms with Gasteiger partial charge in [-0.2, -0.15) is 11.8 Å².